The molecule has 0 aliphatic carbocycles. The monoisotopic (exact) mass is 310 g/mol. The molecule has 0 saturated heterocycles. The summed E-state index contributed by atoms with van der Waals surface area (Å²) in [5, 5.41) is 10.0. The van der Waals surface area contributed by atoms with Crippen LogP contribution in [-0.4, -0.2) is 26.9 Å². The molecular formula is C16H30O2Si2. The van der Waals surface area contributed by atoms with Crippen molar-refractivity contribution in [2.75, 3.05) is 0 Å². The van der Waals surface area contributed by atoms with E-state index in [-0.39, 0.29) is 11.4 Å². The third-order valence-corrected chi connectivity index (χ3v) is 13.7. The van der Waals surface area contributed by atoms with Crippen LogP contribution < -0.4 is 4.74 Å². The fourth-order valence-electron chi connectivity index (χ4n) is 4.26. The van der Waals surface area contributed by atoms with E-state index in [1.807, 2.05) is 12.1 Å². The van der Waals surface area contributed by atoms with E-state index in [9.17, 15) is 5.11 Å². The Labute approximate surface area is 126 Å². The Morgan fingerprint density at radius 1 is 0.900 bits per heavy atom. The summed E-state index contributed by atoms with van der Waals surface area (Å²) in [5.74, 6) is 1.12. The second-order valence-corrected chi connectivity index (χ2v) is 19.6. The van der Waals surface area contributed by atoms with Crippen LogP contribution in [0, 0.1) is 0 Å². The molecule has 0 aliphatic heterocycles. The minimum atomic E-state index is -1.33. The first-order chi connectivity index (χ1) is 8.84. The van der Waals surface area contributed by atoms with Crippen LogP contribution in [0.3, 0.4) is 0 Å². The Morgan fingerprint density at radius 2 is 1.30 bits per heavy atom. The molecule has 4 heteroatoms. The van der Waals surface area contributed by atoms with Crippen molar-refractivity contribution < 1.29 is 9.84 Å². The highest BCUT2D eigenvalue weighted by atomic mass is 28.4. The number of hydrogen-bond acceptors (Lipinski definition) is 2. The molecule has 2 nitrogen and oxygen atoms in total. The molecule has 0 bridgehead atoms. The van der Waals surface area contributed by atoms with Crippen LogP contribution in [0.1, 0.15) is 13.8 Å². The van der Waals surface area contributed by atoms with Gasteiger partial charge in [0, 0.05) is 16.1 Å². The van der Waals surface area contributed by atoms with Crippen LogP contribution in [0.5, 0.6) is 11.5 Å². The first kappa shape index (κ1) is 17.3. The number of benzene rings is 1. The highest BCUT2D eigenvalue weighted by molar-refractivity contribution is 6.96. The van der Waals surface area contributed by atoms with Crippen LogP contribution in [0.25, 0.3) is 0 Å². The van der Waals surface area contributed by atoms with E-state index in [1.54, 1.807) is 12.1 Å². The molecule has 0 unspecified atom stereocenters. The van der Waals surface area contributed by atoms with Crippen LogP contribution in [0.15, 0.2) is 24.3 Å². The van der Waals surface area contributed by atoms with Crippen LogP contribution in [0.2, 0.25) is 44.4 Å². The Hall–Kier alpha value is -0.746. The Morgan fingerprint density at radius 3 is 1.65 bits per heavy atom. The van der Waals surface area contributed by atoms with Crippen molar-refractivity contribution in [1.29, 1.82) is 0 Å². The molecule has 1 N–H and O–H groups in total. The average Bonchev–Trinajstić information content (AvgIpc) is 2.15. The van der Waals surface area contributed by atoms with Crippen LogP contribution in [-0.2, 0) is 0 Å². The van der Waals surface area contributed by atoms with Crippen molar-refractivity contribution in [1.82, 2.24) is 0 Å². The lowest BCUT2D eigenvalue weighted by Crippen LogP contribution is -2.56. The molecule has 0 radical (unpaired) electrons. The Balaban J connectivity index is 3.08. The second kappa shape index (κ2) is 5.56. The van der Waals surface area contributed by atoms with Crippen molar-refractivity contribution in [3.63, 3.8) is 0 Å². The van der Waals surface area contributed by atoms with Crippen LogP contribution >= 0.6 is 0 Å². The Kier molecular flexibility index (Phi) is 4.81. The summed E-state index contributed by atoms with van der Waals surface area (Å²) < 4.78 is 6.33. The predicted molar refractivity (Wildman–Crippen MR) is 93.3 cm³/mol. The quantitative estimate of drug-likeness (QED) is 0.763. The molecule has 1 aromatic carbocycles. The highest BCUT2D eigenvalue weighted by Gasteiger charge is 2.48. The second-order valence-electron chi connectivity index (χ2n) is 8.36. The summed E-state index contributed by atoms with van der Waals surface area (Å²) in [6.45, 7) is 19.1. The van der Waals surface area contributed by atoms with E-state index in [2.05, 4.69) is 53.1 Å². The van der Waals surface area contributed by atoms with Gasteiger partial charge in [0.2, 0.25) is 0 Å². The van der Waals surface area contributed by atoms with E-state index >= 15 is 0 Å². The molecule has 1 aromatic rings. The highest BCUT2D eigenvalue weighted by Crippen LogP contribution is 2.43. The van der Waals surface area contributed by atoms with Crippen molar-refractivity contribution in [3.05, 3.63) is 24.3 Å². The largest absolute Gasteiger partial charge is 0.508 e. The van der Waals surface area contributed by atoms with Crippen molar-refractivity contribution in [2.24, 2.45) is 0 Å². The zero-order valence-electron chi connectivity index (χ0n) is 14.2. The molecular weight excluding hydrogens is 280 g/mol. The van der Waals surface area contributed by atoms with Crippen LogP contribution in [0.4, 0.5) is 0 Å². The maximum Gasteiger partial charge on any atom is 0.120 e. The van der Waals surface area contributed by atoms with Gasteiger partial charge in [-0.3, -0.25) is 0 Å². The number of aromatic hydroxyl groups is 1. The third kappa shape index (κ3) is 4.38. The van der Waals surface area contributed by atoms with Gasteiger partial charge in [-0.05, 0) is 43.3 Å². The lowest BCUT2D eigenvalue weighted by Gasteiger charge is -2.48. The predicted octanol–water partition coefficient (Wildman–Crippen LogP) is 5.14. The van der Waals surface area contributed by atoms with E-state index in [0.29, 0.717) is 5.16 Å². The van der Waals surface area contributed by atoms with Gasteiger partial charge in [0.1, 0.15) is 17.1 Å². The SMILES string of the molecule is CC(C)(Oc1ccc(O)cc1)C([Si](C)(C)C)[Si](C)(C)C. The summed E-state index contributed by atoms with van der Waals surface area (Å²) in [6.07, 6.45) is 0. The first-order valence-electron chi connectivity index (χ1n) is 7.32. The standard InChI is InChI=1S/C16H30O2Si2/c1-16(2,15(19(3,4)5)20(6,7)8)18-14-11-9-13(17)10-12-14/h9-12,15,17H,1-8H3. The maximum atomic E-state index is 9.38. The summed E-state index contributed by atoms with van der Waals surface area (Å²) in [6, 6.07) is 7.07. The van der Waals surface area contributed by atoms with E-state index in [1.165, 1.54) is 0 Å². The topological polar surface area (TPSA) is 29.5 Å². The molecule has 0 heterocycles. The molecule has 0 atom stereocenters. The number of phenols is 1. The van der Waals surface area contributed by atoms with Gasteiger partial charge in [0.05, 0.1) is 0 Å². The van der Waals surface area contributed by atoms with Gasteiger partial charge < -0.3 is 9.84 Å². The lowest BCUT2D eigenvalue weighted by atomic mass is 10.1. The summed E-state index contributed by atoms with van der Waals surface area (Å²) in [5.41, 5.74) is -0.175. The molecule has 1 rings (SSSR count). The van der Waals surface area contributed by atoms with Gasteiger partial charge in [0.15, 0.2) is 0 Å². The zero-order chi connectivity index (χ0) is 15.8. The van der Waals surface area contributed by atoms with Gasteiger partial charge in [-0.15, -0.1) is 0 Å². The molecule has 114 valence electrons. The summed E-state index contributed by atoms with van der Waals surface area (Å²) in [4.78, 5) is 0. The number of ether oxygens (including phenoxy) is 1. The molecule has 0 spiro atoms. The molecule has 20 heavy (non-hydrogen) atoms. The average molecular weight is 311 g/mol. The minimum absolute atomic E-state index is 0.175. The number of hydrogen-bond donors (Lipinski definition) is 1. The van der Waals surface area contributed by atoms with Crippen molar-refractivity contribution in [2.45, 2.75) is 63.9 Å². The summed E-state index contributed by atoms with van der Waals surface area (Å²) in [7, 11) is -2.67. The van der Waals surface area contributed by atoms with Crippen molar-refractivity contribution in [3.8, 4) is 11.5 Å². The molecule has 0 fully saturated rings. The van der Waals surface area contributed by atoms with E-state index in [4.69, 9.17) is 4.74 Å². The number of phenolic OH excluding ortho intramolecular Hbond substituents is 1. The van der Waals surface area contributed by atoms with E-state index < -0.39 is 16.1 Å². The molecule has 0 amide bonds. The van der Waals surface area contributed by atoms with Gasteiger partial charge in [0.25, 0.3) is 0 Å². The van der Waals surface area contributed by atoms with Crippen molar-refractivity contribution >= 4 is 16.1 Å². The normalized spacial score (nSPS) is 13.7. The fraction of sp³-hybridized carbons (Fsp3) is 0.625. The number of rotatable bonds is 5. The first-order valence-corrected chi connectivity index (χ1v) is 14.5. The van der Waals surface area contributed by atoms with Gasteiger partial charge in [-0.25, -0.2) is 0 Å². The van der Waals surface area contributed by atoms with E-state index in [0.717, 1.165) is 5.75 Å². The lowest BCUT2D eigenvalue weighted by molar-refractivity contribution is 0.116. The molecule has 0 saturated carbocycles. The van der Waals surface area contributed by atoms with Gasteiger partial charge >= 0.3 is 0 Å². The third-order valence-electron chi connectivity index (χ3n) is 3.64. The minimum Gasteiger partial charge on any atom is -0.508 e. The molecule has 0 aromatic heterocycles. The van der Waals surface area contributed by atoms with Gasteiger partial charge in [-0.2, -0.15) is 0 Å². The summed E-state index contributed by atoms with van der Waals surface area (Å²) >= 11 is 0. The maximum absolute atomic E-state index is 9.38. The Bertz CT molecular complexity index is 425. The fourth-order valence-corrected chi connectivity index (χ4v) is 18.9. The van der Waals surface area contributed by atoms with Gasteiger partial charge in [-0.1, -0.05) is 39.3 Å². The smallest absolute Gasteiger partial charge is 0.120 e. The zero-order valence-corrected chi connectivity index (χ0v) is 16.2. The molecule has 0 aliphatic rings.